The molecule has 1 aromatic carbocycles. The summed E-state index contributed by atoms with van der Waals surface area (Å²) in [4.78, 5) is 20.4. The maximum absolute atomic E-state index is 11.9. The number of rotatable bonds is 8. The largest absolute Gasteiger partial charge is 0.357 e. The molecule has 0 aliphatic heterocycles. The first-order valence-electron chi connectivity index (χ1n) is 8.64. The van der Waals surface area contributed by atoms with Crippen molar-refractivity contribution in [1.29, 1.82) is 0 Å². The summed E-state index contributed by atoms with van der Waals surface area (Å²) in [7, 11) is 0. The van der Waals surface area contributed by atoms with E-state index in [1.54, 1.807) is 24.5 Å². The van der Waals surface area contributed by atoms with Gasteiger partial charge in [0.15, 0.2) is 5.96 Å². The maximum atomic E-state index is 11.9. The zero-order valence-corrected chi connectivity index (χ0v) is 18.3. The monoisotopic (exact) mass is 501 g/mol. The van der Waals surface area contributed by atoms with Crippen molar-refractivity contribution in [1.82, 2.24) is 20.9 Å². The molecule has 0 spiro atoms. The highest BCUT2D eigenvalue weighted by atomic mass is 127. The number of aliphatic imine (C=N–C) groups is 1. The van der Waals surface area contributed by atoms with Crippen LogP contribution in [0.15, 0.2) is 53.8 Å². The zero-order chi connectivity index (χ0) is 18.6. The summed E-state index contributed by atoms with van der Waals surface area (Å²) in [5.74, 6) is 0.591. The van der Waals surface area contributed by atoms with Gasteiger partial charge in [-0.2, -0.15) is 0 Å². The first-order valence-corrected chi connectivity index (χ1v) is 9.01. The Kier molecular flexibility index (Phi) is 11.4. The minimum absolute atomic E-state index is 0. The number of halogens is 2. The third kappa shape index (κ3) is 9.05. The molecule has 8 heteroatoms. The highest BCUT2D eigenvalue weighted by molar-refractivity contribution is 14.0. The minimum atomic E-state index is -0.136. The number of carbonyl (C=O) groups excluding carboxylic acids is 1. The number of benzene rings is 1. The van der Waals surface area contributed by atoms with Crippen molar-refractivity contribution in [2.24, 2.45) is 4.99 Å². The van der Waals surface area contributed by atoms with Crippen LogP contribution in [0.4, 0.5) is 0 Å². The summed E-state index contributed by atoms with van der Waals surface area (Å²) in [5, 5.41) is 9.98. The lowest BCUT2D eigenvalue weighted by molar-refractivity contribution is 0.0954. The maximum Gasteiger partial charge on any atom is 0.252 e. The summed E-state index contributed by atoms with van der Waals surface area (Å²) >= 11 is 5.99. The van der Waals surface area contributed by atoms with Gasteiger partial charge in [-0.3, -0.25) is 14.8 Å². The van der Waals surface area contributed by atoms with Crippen molar-refractivity contribution in [3.8, 4) is 0 Å². The molecule has 146 valence electrons. The second-order valence-electron chi connectivity index (χ2n) is 5.56. The molecule has 0 atom stereocenters. The van der Waals surface area contributed by atoms with Crippen molar-refractivity contribution < 1.29 is 4.79 Å². The first kappa shape index (κ1) is 23.2. The molecule has 2 rings (SSSR count). The molecule has 0 bridgehead atoms. The average Bonchev–Trinajstić information content (AvgIpc) is 2.65. The van der Waals surface area contributed by atoms with E-state index >= 15 is 0 Å². The first-order chi connectivity index (χ1) is 12.7. The summed E-state index contributed by atoms with van der Waals surface area (Å²) in [6.07, 6.45) is 4.00. The van der Waals surface area contributed by atoms with Gasteiger partial charge in [0, 0.05) is 43.6 Å². The highest BCUT2D eigenvalue weighted by Crippen LogP contribution is 2.10. The molecule has 0 unspecified atom stereocenters. The number of aromatic nitrogens is 1. The number of hydrogen-bond acceptors (Lipinski definition) is 3. The van der Waals surface area contributed by atoms with E-state index < -0.39 is 0 Å². The fourth-order valence-corrected chi connectivity index (χ4v) is 2.50. The molecule has 1 aromatic heterocycles. The number of amides is 1. The van der Waals surface area contributed by atoms with Crippen LogP contribution in [0.2, 0.25) is 5.02 Å². The van der Waals surface area contributed by atoms with Gasteiger partial charge in [-0.05, 0) is 43.2 Å². The normalized spacial score (nSPS) is 10.7. The Morgan fingerprint density at radius 1 is 1.15 bits per heavy atom. The molecule has 0 aliphatic carbocycles. The third-order valence-corrected chi connectivity index (χ3v) is 3.77. The SMILES string of the molecule is CCNC(=NCCc1cccc(Cl)c1)NCCNC(=O)c1cccnc1.I. The van der Waals surface area contributed by atoms with Crippen LogP contribution in [0, 0.1) is 0 Å². The van der Waals surface area contributed by atoms with Gasteiger partial charge in [0.25, 0.3) is 5.91 Å². The number of hydrogen-bond donors (Lipinski definition) is 3. The van der Waals surface area contributed by atoms with E-state index in [1.807, 2.05) is 31.2 Å². The van der Waals surface area contributed by atoms with Crippen LogP contribution in [-0.2, 0) is 6.42 Å². The van der Waals surface area contributed by atoms with E-state index in [9.17, 15) is 4.79 Å². The molecule has 0 saturated carbocycles. The molecule has 2 aromatic rings. The fraction of sp³-hybridized carbons (Fsp3) is 0.316. The molecule has 27 heavy (non-hydrogen) atoms. The van der Waals surface area contributed by atoms with Gasteiger partial charge in [0.2, 0.25) is 0 Å². The lowest BCUT2D eigenvalue weighted by Crippen LogP contribution is -2.41. The Morgan fingerprint density at radius 2 is 1.96 bits per heavy atom. The molecule has 3 N–H and O–H groups in total. The van der Waals surface area contributed by atoms with Crippen molar-refractivity contribution >= 4 is 47.4 Å². The molecular weight excluding hydrogens is 477 g/mol. The second kappa shape index (κ2) is 13.3. The van der Waals surface area contributed by atoms with Crippen LogP contribution in [0.5, 0.6) is 0 Å². The van der Waals surface area contributed by atoms with E-state index in [0.29, 0.717) is 25.2 Å². The zero-order valence-electron chi connectivity index (χ0n) is 15.2. The molecule has 1 heterocycles. The van der Waals surface area contributed by atoms with Crippen molar-refractivity contribution in [2.45, 2.75) is 13.3 Å². The minimum Gasteiger partial charge on any atom is -0.357 e. The lowest BCUT2D eigenvalue weighted by atomic mass is 10.1. The smallest absolute Gasteiger partial charge is 0.252 e. The van der Waals surface area contributed by atoms with E-state index in [1.165, 1.54) is 0 Å². The number of carbonyl (C=O) groups is 1. The molecule has 0 fully saturated rings. The van der Waals surface area contributed by atoms with Crippen molar-refractivity contribution in [2.75, 3.05) is 26.2 Å². The Morgan fingerprint density at radius 3 is 2.67 bits per heavy atom. The lowest BCUT2D eigenvalue weighted by Gasteiger charge is -2.12. The van der Waals surface area contributed by atoms with Gasteiger partial charge in [0.1, 0.15) is 0 Å². The molecule has 0 aliphatic rings. The summed E-state index contributed by atoms with van der Waals surface area (Å²) in [6.45, 7) is 4.50. The van der Waals surface area contributed by atoms with E-state index in [0.717, 1.165) is 29.5 Å². The summed E-state index contributed by atoms with van der Waals surface area (Å²) in [6, 6.07) is 11.3. The fourth-order valence-electron chi connectivity index (χ4n) is 2.29. The molecule has 6 nitrogen and oxygen atoms in total. The van der Waals surface area contributed by atoms with Gasteiger partial charge in [-0.15, -0.1) is 24.0 Å². The van der Waals surface area contributed by atoms with E-state index in [4.69, 9.17) is 11.6 Å². The molecule has 1 amide bonds. The number of pyridine rings is 1. The predicted octanol–water partition coefficient (Wildman–Crippen LogP) is 2.88. The van der Waals surface area contributed by atoms with Crippen molar-refractivity contribution in [3.63, 3.8) is 0 Å². The number of guanidine groups is 1. The van der Waals surface area contributed by atoms with E-state index in [-0.39, 0.29) is 29.9 Å². The average molecular weight is 502 g/mol. The van der Waals surface area contributed by atoms with Crippen molar-refractivity contribution in [3.05, 3.63) is 64.9 Å². The Labute approximate surface area is 182 Å². The molecular formula is C19H25ClIN5O. The summed E-state index contributed by atoms with van der Waals surface area (Å²) < 4.78 is 0. The van der Waals surface area contributed by atoms with Crippen LogP contribution in [0.1, 0.15) is 22.8 Å². The van der Waals surface area contributed by atoms with Gasteiger partial charge in [-0.25, -0.2) is 0 Å². The van der Waals surface area contributed by atoms with Gasteiger partial charge < -0.3 is 16.0 Å². The standard InChI is InChI=1S/C19H24ClN5O.HI/c1-2-22-19(24-10-8-15-5-3-7-17(20)13-15)25-12-11-23-18(26)16-6-4-9-21-14-16;/h3-7,9,13-14H,2,8,10-12H2,1H3,(H,23,26)(H2,22,24,25);1H. The number of nitrogens with zero attached hydrogens (tertiary/aromatic N) is 2. The highest BCUT2D eigenvalue weighted by Gasteiger charge is 2.04. The quantitative estimate of drug-likeness (QED) is 0.225. The second-order valence-corrected chi connectivity index (χ2v) is 6.00. The van der Waals surface area contributed by atoms with Crippen LogP contribution in [0.3, 0.4) is 0 Å². The van der Waals surface area contributed by atoms with Gasteiger partial charge in [-0.1, -0.05) is 23.7 Å². The topological polar surface area (TPSA) is 78.4 Å². The van der Waals surface area contributed by atoms with E-state index in [2.05, 4.69) is 25.9 Å². The predicted molar refractivity (Wildman–Crippen MR) is 121 cm³/mol. The Hall–Kier alpha value is -1.87. The Balaban J connectivity index is 0.00000364. The van der Waals surface area contributed by atoms with Crippen LogP contribution >= 0.6 is 35.6 Å². The summed E-state index contributed by atoms with van der Waals surface area (Å²) in [5.41, 5.74) is 1.70. The Bertz CT molecular complexity index is 727. The van der Waals surface area contributed by atoms with Gasteiger partial charge >= 0.3 is 0 Å². The van der Waals surface area contributed by atoms with Crippen LogP contribution in [-0.4, -0.2) is 43.0 Å². The van der Waals surface area contributed by atoms with Crippen LogP contribution < -0.4 is 16.0 Å². The van der Waals surface area contributed by atoms with Crippen LogP contribution in [0.25, 0.3) is 0 Å². The molecule has 0 radical (unpaired) electrons. The molecule has 0 saturated heterocycles. The van der Waals surface area contributed by atoms with Gasteiger partial charge in [0.05, 0.1) is 5.56 Å². The third-order valence-electron chi connectivity index (χ3n) is 3.53. The number of nitrogens with one attached hydrogen (secondary N) is 3.